The SMILES string of the molecule is CC(C)(C)NC(=O)Oc1ccc2c(ccc3c4c(ccc32)C=CC4)c1. The molecule has 3 heteroatoms. The number of hydrogen-bond donors (Lipinski definition) is 1. The average Bonchev–Trinajstić information content (AvgIpc) is 3.01. The van der Waals surface area contributed by atoms with Gasteiger partial charge < -0.3 is 10.1 Å². The van der Waals surface area contributed by atoms with Crippen molar-refractivity contribution in [2.45, 2.75) is 32.7 Å². The molecule has 0 atom stereocenters. The number of rotatable bonds is 1. The van der Waals surface area contributed by atoms with Gasteiger partial charge in [-0.1, -0.05) is 42.5 Å². The zero-order valence-corrected chi connectivity index (χ0v) is 14.7. The van der Waals surface area contributed by atoms with E-state index < -0.39 is 6.09 Å². The largest absolute Gasteiger partial charge is 0.413 e. The average molecular weight is 331 g/mol. The first-order valence-corrected chi connectivity index (χ1v) is 8.56. The van der Waals surface area contributed by atoms with Crippen LogP contribution in [0.1, 0.15) is 31.9 Å². The number of carbonyl (C=O) groups is 1. The Kier molecular flexibility index (Phi) is 3.53. The van der Waals surface area contributed by atoms with E-state index in [2.05, 4.69) is 41.7 Å². The van der Waals surface area contributed by atoms with Crippen molar-refractivity contribution in [2.75, 3.05) is 0 Å². The van der Waals surface area contributed by atoms with Gasteiger partial charge in [-0.05, 0) is 72.0 Å². The van der Waals surface area contributed by atoms with Crippen molar-refractivity contribution >= 4 is 33.7 Å². The fraction of sp³-hybridized carbons (Fsp3) is 0.227. The molecule has 4 rings (SSSR count). The maximum Gasteiger partial charge on any atom is 0.413 e. The molecule has 25 heavy (non-hydrogen) atoms. The minimum Gasteiger partial charge on any atom is -0.410 e. The molecule has 3 aromatic rings. The Balaban J connectivity index is 1.72. The summed E-state index contributed by atoms with van der Waals surface area (Å²) in [7, 11) is 0. The molecule has 1 aliphatic carbocycles. The molecule has 0 bridgehead atoms. The molecule has 0 unspecified atom stereocenters. The molecule has 0 aromatic heterocycles. The van der Waals surface area contributed by atoms with Crippen molar-refractivity contribution in [2.24, 2.45) is 0 Å². The molecule has 126 valence electrons. The predicted molar refractivity (Wildman–Crippen MR) is 103 cm³/mol. The molecule has 0 saturated carbocycles. The van der Waals surface area contributed by atoms with Gasteiger partial charge in [0.1, 0.15) is 5.75 Å². The van der Waals surface area contributed by atoms with Gasteiger partial charge in [0.05, 0.1) is 0 Å². The summed E-state index contributed by atoms with van der Waals surface area (Å²) in [6, 6.07) is 14.4. The van der Waals surface area contributed by atoms with Gasteiger partial charge in [-0.15, -0.1) is 0 Å². The number of ether oxygens (including phenoxy) is 1. The third-order valence-electron chi connectivity index (χ3n) is 4.44. The van der Waals surface area contributed by atoms with Crippen molar-refractivity contribution in [3.63, 3.8) is 0 Å². The number of nitrogens with one attached hydrogen (secondary N) is 1. The highest BCUT2D eigenvalue weighted by Crippen LogP contribution is 2.34. The van der Waals surface area contributed by atoms with Crippen LogP contribution in [0.25, 0.3) is 27.6 Å². The number of hydrogen-bond acceptors (Lipinski definition) is 2. The summed E-state index contributed by atoms with van der Waals surface area (Å²) in [4.78, 5) is 12.0. The quantitative estimate of drug-likeness (QED) is 0.602. The van der Waals surface area contributed by atoms with Gasteiger partial charge in [0.2, 0.25) is 0 Å². The normalized spacial score (nSPS) is 13.2. The van der Waals surface area contributed by atoms with E-state index in [1.54, 1.807) is 0 Å². The minimum atomic E-state index is -0.434. The number of allylic oxidation sites excluding steroid dienone is 1. The minimum absolute atomic E-state index is 0.321. The maximum atomic E-state index is 12.0. The van der Waals surface area contributed by atoms with E-state index >= 15 is 0 Å². The lowest BCUT2D eigenvalue weighted by Crippen LogP contribution is -2.42. The lowest BCUT2D eigenvalue weighted by Gasteiger charge is -2.20. The first-order chi connectivity index (χ1) is 11.9. The fourth-order valence-electron chi connectivity index (χ4n) is 3.39. The molecule has 0 saturated heterocycles. The van der Waals surface area contributed by atoms with Crippen molar-refractivity contribution in [3.8, 4) is 5.75 Å². The summed E-state index contributed by atoms with van der Waals surface area (Å²) < 4.78 is 5.42. The van der Waals surface area contributed by atoms with Gasteiger partial charge in [-0.25, -0.2) is 4.79 Å². The van der Waals surface area contributed by atoms with Crippen LogP contribution < -0.4 is 10.1 Å². The van der Waals surface area contributed by atoms with Crippen LogP contribution in [0, 0.1) is 0 Å². The van der Waals surface area contributed by atoms with E-state index in [0.29, 0.717) is 5.75 Å². The lowest BCUT2D eigenvalue weighted by molar-refractivity contribution is 0.190. The van der Waals surface area contributed by atoms with Crippen LogP contribution in [0.15, 0.2) is 48.5 Å². The second kappa shape index (κ2) is 5.62. The lowest BCUT2D eigenvalue weighted by atomic mass is 9.96. The first kappa shape index (κ1) is 15.7. The standard InChI is InChI=1S/C22H21NO2/c1-22(2,3)23-21(24)25-16-9-12-18-15(13-16)8-11-19-17-6-4-5-14(17)7-10-20(18)19/h4-5,7-13H,6H2,1-3H3,(H,23,24). The summed E-state index contributed by atoms with van der Waals surface area (Å²) in [6.45, 7) is 5.77. The molecule has 3 nitrogen and oxygen atoms in total. The second-order valence-corrected chi connectivity index (χ2v) is 7.55. The Hall–Kier alpha value is -2.81. The predicted octanol–water partition coefficient (Wildman–Crippen LogP) is 5.45. The summed E-state index contributed by atoms with van der Waals surface area (Å²) in [5.74, 6) is 0.552. The number of benzene rings is 3. The Morgan fingerprint density at radius 2 is 1.76 bits per heavy atom. The summed E-state index contributed by atoms with van der Waals surface area (Å²) in [5.41, 5.74) is 2.38. The van der Waals surface area contributed by atoms with Crippen LogP contribution in [0.3, 0.4) is 0 Å². The number of amides is 1. The van der Waals surface area contributed by atoms with E-state index in [1.165, 1.54) is 27.3 Å². The van der Waals surface area contributed by atoms with Gasteiger partial charge in [0.25, 0.3) is 0 Å². The van der Waals surface area contributed by atoms with Gasteiger partial charge in [-0.3, -0.25) is 0 Å². The molecule has 1 aliphatic rings. The van der Waals surface area contributed by atoms with Crippen LogP contribution in [0.4, 0.5) is 4.79 Å². The van der Waals surface area contributed by atoms with Crippen LogP contribution in [-0.2, 0) is 6.42 Å². The van der Waals surface area contributed by atoms with Gasteiger partial charge >= 0.3 is 6.09 Å². The third-order valence-corrected chi connectivity index (χ3v) is 4.44. The van der Waals surface area contributed by atoms with Gasteiger partial charge in [0.15, 0.2) is 0 Å². The third kappa shape index (κ3) is 2.98. The summed E-state index contributed by atoms with van der Waals surface area (Å²) in [5, 5.41) is 7.59. The maximum absolute atomic E-state index is 12.0. The summed E-state index contributed by atoms with van der Waals surface area (Å²) >= 11 is 0. The van der Waals surface area contributed by atoms with Crippen LogP contribution in [-0.4, -0.2) is 11.6 Å². The molecule has 1 amide bonds. The highest BCUT2D eigenvalue weighted by molar-refractivity contribution is 6.09. The molecule has 0 fully saturated rings. The molecule has 0 radical (unpaired) electrons. The van der Waals surface area contributed by atoms with Crippen molar-refractivity contribution in [1.82, 2.24) is 5.32 Å². The van der Waals surface area contributed by atoms with E-state index in [0.717, 1.165) is 11.8 Å². The number of carbonyl (C=O) groups excluding carboxylic acids is 1. The van der Waals surface area contributed by atoms with E-state index in [4.69, 9.17) is 4.74 Å². The topological polar surface area (TPSA) is 38.3 Å². The monoisotopic (exact) mass is 331 g/mol. The Labute approximate surface area is 147 Å². The number of fused-ring (bicyclic) bond motifs is 5. The van der Waals surface area contributed by atoms with Crippen LogP contribution in [0.2, 0.25) is 0 Å². The summed E-state index contributed by atoms with van der Waals surface area (Å²) in [6.07, 6.45) is 4.95. The van der Waals surface area contributed by atoms with Crippen LogP contribution >= 0.6 is 0 Å². The van der Waals surface area contributed by atoms with E-state index in [9.17, 15) is 4.79 Å². The Morgan fingerprint density at radius 1 is 1.00 bits per heavy atom. The molecular formula is C22H21NO2. The smallest absolute Gasteiger partial charge is 0.410 e. The zero-order valence-electron chi connectivity index (χ0n) is 14.7. The highest BCUT2D eigenvalue weighted by Gasteiger charge is 2.16. The second-order valence-electron chi connectivity index (χ2n) is 7.55. The molecule has 1 N–H and O–H groups in total. The Morgan fingerprint density at radius 3 is 2.56 bits per heavy atom. The van der Waals surface area contributed by atoms with E-state index in [-0.39, 0.29) is 5.54 Å². The molecule has 0 spiro atoms. The molecule has 0 aliphatic heterocycles. The van der Waals surface area contributed by atoms with Crippen molar-refractivity contribution < 1.29 is 9.53 Å². The van der Waals surface area contributed by atoms with Crippen LogP contribution in [0.5, 0.6) is 5.75 Å². The first-order valence-electron chi connectivity index (χ1n) is 8.56. The zero-order chi connectivity index (χ0) is 17.6. The molecule has 3 aromatic carbocycles. The van der Waals surface area contributed by atoms with Gasteiger partial charge in [-0.2, -0.15) is 0 Å². The van der Waals surface area contributed by atoms with Gasteiger partial charge in [0, 0.05) is 5.54 Å². The van der Waals surface area contributed by atoms with Crippen molar-refractivity contribution in [1.29, 1.82) is 0 Å². The molecule has 0 heterocycles. The molecular weight excluding hydrogens is 310 g/mol. The highest BCUT2D eigenvalue weighted by atomic mass is 16.6. The van der Waals surface area contributed by atoms with Crippen molar-refractivity contribution in [3.05, 3.63) is 59.7 Å². The fourth-order valence-corrected chi connectivity index (χ4v) is 3.39. The Bertz CT molecular complexity index is 1030. The van der Waals surface area contributed by atoms with E-state index in [1.807, 2.05) is 39.0 Å².